The highest BCUT2D eigenvalue weighted by Crippen LogP contribution is 2.09. The Morgan fingerprint density at radius 3 is 1.62 bits per heavy atom. The van der Waals surface area contributed by atoms with Gasteiger partial charge in [-0.25, -0.2) is 0 Å². The van der Waals surface area contributed by atoms with Crippen LogP contribution < -0.4 is 5.32 Å². The predicted octanol–water partition coefficient (Wildman–Crippen LogP) is 5.85. The predicted molar refractivity (Wildman–Crippen MR) is 120 cm³/mol. The molecule has 0 aromatic carbocycles. The summed E-state index contributed by atoms with van der Waals surface area (Å²) in [5.74, 6) is 11.6. The van der Waals surface area contributed by atoms with Gasteiger partial charge in [-0.3, -0.25) is 9.59 Å². The highest BCUT2D eigenvalue weighted by atomic mass is 16.4. The van der Waals surface area contributed by atoms with Crippen LogP contribution in [0.3, 0.4) is 0 Å². The van der Waals surface area contributed by atoms with E-state index in [1.165, 1.54) is 32.1 Å². The Balaban J connectivity index is 3.32. The van der Waals surface area contributed by atoms with Gasteiger partial charge in [0.1, 0.15) is 0 Å². The number of carboxylic acids is 1. The molecule has 4 nitrogen and oxygen atoms in total. The van der Waals surface area contributed by atoms with E-state index in [0.29, 0.717) is 12.8 Å². The van der Waals surface area contributed by atoms with Crippen LogP contribution in [0, 0.1) is 23.7 Å². The van der Waals surface area contributed by atoms with Crippen LogP contribution in [0.4, 0.5) is 0 Å². The summed E-state index contributed by atoms with van der Waals surface area (Å²) in [4.78, 5) is 21.8. The van der Waals surface area contributed by atoms with E-state index >= 15 is 0 Å². The summed E-state index contributed by atoms with van der Waals surface area (Å²) in [6.45, 7) is 2.86. The standard InChI is InChI=1S/C25H41NO3/c1-2-23-26-24(27)21-19-17-15-13-11-9-7-5-3-4-6-8-10-12-14-16-18-20-22-25(28)29/h2,7-23H2,1H3,(H,26,27)(H,28,29). The molecule has 0 aliphatic rings. The Labute approximate surface area is 178 Å². The lowest BCUT2D eigenvalue weighted by Gasteiger charge is -2.03. The zero-order chi connectivity index (χ0) is 21.4. The second kappa shape index (κ2) is 22.4. The lowest BCUT2D eigenvalue weighted by Crippen LogP contribution is -2.23. The third-order valence-corrected chi connectivity index (χ3v) is 4.71. The van der Waals surface area contributed by atoms with Crippen molar-refractivity contribution in [3.8, 4) is 23.7 Å². The normalized spacial score (nSPS) is 9.83. The van der Waals surface area contributed by atoms with Gasteiger partial charge in [0.2, 0.25) is 5.91 Å². The zero-order valence-corrected chi connectivity index (χ0v) is 18.5. The first-order chi connectivity index (χ1) is 14.2. The summed E-state index contributed by atoms with van der Waals surface area (Å²) in [7, 11) is 0. The molecule has 0 bridgehead atoms. The molecule has 1 amide bonds. The van der Waals surface area contributed by atoms with E-state index in [1.807, 2.05) is 0 Å². The molecule has 29 heavy (non-hydrogen) atoms. The highest BCUT2D eigenvalue weighted by Gasteiger charge is 1.99. The minimum atomic E-state index is -0.693. The molecule has 164 valence electrons. The van der Waals surface area contributed by atoms with Crippen molar-refractivity contribution in [2.75, 3.05) is 6.54 Å². The van der Waals surface area contributed by atoms with Crippen LogP contribution in [0.1, 0.15) is 116 Å². The molecule has 0 atom stereocenters. The molecular weight excluding hydrogens is 362 g/mol. The second-order valence-corrected chi connectivity index (χ2v) is 7.59. The summed E-state index contributed by atoms with van der Waals surface area (Å²) in [5.41, 5.74) is 0. The Hall–Kier alpha value is -1.94. The number of amides is 1. The average Bonchev–Trinajstić information content (AvgIpc) is 2.70. The monoisotopic (exact) mass is 403 g/mol. The molecule has 0 saturated heterocycles. The number of nitrogens with one attached hydrogen (secondary N) is 1. The van der Waals surface area contributed by atoms with Crippen LogP contribution >= 0.6 is 0 Å². The topological polar surface area (TPSA) is 66.4 Å². The molecular formula is C25H41NO3. The van der Waals surface area contributed by atoms with Crippen molar-refractivity contribution in [1.29, 1.82) is 0 Å². The third-order valence-electron chi connectivity index (χ3n) is 4.71. The molecule has 0 rings (SSSR count). The summed E-state index contributed by atoms with van der Waals surface area (Å²) < 4.78 is 0. The minimum Gasteiger partial charge on any atom is -0.481 e. The first kappa shape index (κ1) is 27.1. The molecule has 0 aliphatic carbocycles. The first-order valence-electron chi connectivity index (χ1n) is 11.6. The Morgan fingerprint density at radius 2 is 1.14 bits per heavy atom. The SMILES string of the molecule is CCCNC(=O)CCCCCCCCC#CC#CCCCCCCCCC(=O)O. The van der Waals surface area contributed by atoms with E-state index in [4.69, 9.17) is 5.11 Å². The van der Waals surface area contributed by atoms with Gasteiger partial charge in [0.15, 0.2) is 0 Å². The van der Waals surface area contributed by atoms with E-state index in [0.717, 1.165) is 70.8 Å². The van der Waals surface area contributed by atoms with Crippen molar-refractivity contribution in [2.24, 2.45) is 0 Å². The van der Waals surface area contributed by atoms with Crippen LogP contribution in [0.5, 0.6) is 0 Å². The van der Waals surface area contributed by atoms with Gasteiger partial charge in [0.25, 0.3) is 0 Å². The number of rotatable bonds is 18. The van der Waals surface area contributed by atoms with E-state index in [-0.39, 0.29) is 5.91 Å². The number of unbranched alkanes of at least 4 members (excludes halogenated alkanes) is 12. The van der Waals surface area contributed by atoms with Gasteiger partial charge < -0.3 is 10.4 Å². The molecule has 2 N–H and O–H groups in total. The van der Waals surface area contributed by atoms with Crippen LogP contribution in [0.2, 0.25) is 0 Å². The molecule has 0 saturated carbocycles. The maximum atomic E-state index is 11.4. The average molecular weight is 404 g/mol. The van der Waals surface area contributed by atoms with E-state index < -0.39 is 5.97 Å². The summed E-state index contributed by atoms with van der Waals surface area (Å²) in [6, 6.07) is 0. The summed E-state index contributed by atoms with van der Waals surface area (Å²) in [6.07, 6.45) is 17.0. The van der Waals surface area contributed by atoms with Crippen molar-refractivity contribution >= 4 is 11.9 Å². The number of aliphatic carboxylic acids is 1. The molecule has 4 heteroatoms. The number of carbonyl (C=O) groups is 2. The van der Waals surface area contributed by atoms with E-state index in [1.54, 1.807) is 0 Å². The fourth-order valence-electron chi connectivity index (χ4n) is 2.97. The number of hydrogen-bond donors (Lipinski definition) is 2. The van der Waals surface area contributed by atoms with Crippen molar-refractivity contribution in [3.05, 3.63) is 0 Å². The van der Waals surface area contributed by atoms with E-state index in [2.05, 4.69) is 35.9 Å². The van der Waals surface area contributed by atoms with Gasteiger partial charge >= 0.3 is 5.97 Å². The zero-order valence-electron chi connectivity index (χ0n) is 18.5. The van der Waals surface area contributed by atoms with Gasteiger partial charge in [0.05, 0.1) is 0 Å². The van der Waals surface area contributed by atoms with Crippen LogP contribution in [-0.2, 0) is 9.59 Å². The molecule has 0 radical (unpaired) electrons. The van der Waals surface area contributed by atoms with Crippen LogP contribution in [0.25, 0.3) is 0 Å². The van der Waals surface area contributed by atoms with Gasteiger partial charge in [-0.15, -0.1) is 0 Å². The van der Waals surface area contributed by atoms with Gasteiger partial charge in [-0.05, 0) is 43.9 Å². The summed E-state index contributed by atoms with van der Waals surface area (Å²) >= 11 is 0. The highest BCUT2D eigenvalue weighted by molar-refractivity contribution is 5.75. The maximum Gasteiger partial charge on any atom is 0.303 e. The van der Waals surface area contributed by atoms with E-state index in [9.17, 15) is 9.59 Å². The lowest BCUT2D eigenvalue weighted by atomic mass is 10.1. The second-order valence-electron chi connectivity index (χ2n) is 7.59. The summed E-state index contributed by atoms with van der Waals surface area (Å²) in [5, 5.41) is 11.5. The van der Waals surface area contributed by atoms with Gasteiger partial charge in [0, 0.05) is 32.2 Å². The Kier molecular flexibility index (Phi) is 20.9. The quantitative estimate of drug-likeness (QED) is 0.223. The fraction of sp³-hybridized carbons (Fsp3) is 0.760. The number of carboxylic acid groups (broad SMARTS) is 1. The lowest BCUT2D eigenvalue weighted by molar-refractivity contribution is -0.137. The molecule has 0 unspecified atom stereocenters. The first-order valence-corrected chi connectivity index (χ1v) is 11.6. The Bertz CT molecular complexity index is 534. The van der Waals surface area contributed by atoms with Gasteiger partial charge in [-0.2, -0.15) is 0 Å². The number of carbonyl (C=O) groups excluding carboxylic acids is 1. The molecule has 0 aromatic heterocycles. The Morgan fingerprint density at radius 1 is 0.690 bits per heavy atom. The molecule has 0 aromatic rings. The van der Waals surface area contributed by atoms with Crippen molar-refractivity contribution < 1.29 is 14.7 Å². The van der Waals surface area contributed by atoms with Crippen molar-refractivity contribution in [2.45, 2.75) is 116 Å². The fourth-order valence-corrected chi connectivity index (χ4v) is 2.97. The molecule has 0 heterocycles. The largest absolute Gasteiger partial charge is 0.481 e. The molecule has 0 aliphatic heterocycles. The molecule has 0 spiro atoms. The maximum absolute atomic E-state index is 11.4. The number of hydrogen-bond acceptors (Lipinski definition) is 2. The molecule has 0 fully saturated rings. The minimum absolute atomic E-state index is 0.191. The van der Waals surface area contributed by atoms with Crippen LogP contribution in [0.15, 0.2) is 0 Å². The van der Waals surface area contributed by atoms with Gasteiger partial charge in [-0.1, -0.05) is 70.1 Å². The smallest absolute Gasteiger partial charge is 0.303 e. The van der Waals surface area contributed by atoms with Crippen molar-refractivity contribution in [3.63, 3.8) is 0 Å². The van der Waals surface area contributed by atoms with Crippen molar-refractivity contribution in [1.82, 2.24) is 5.32 Å². The van der Waals surface area contributed by atoms with Crippen LogP contribution in [-0.4, -0.2) is 23.5 Å². The third kappa shape index (κ3) is 24.0.